The van der Waals surface area contributed by atoms with E-state index in [1.54, 1.807) is 0 Å². The molecule has 0 aliphatic heterocycles. The lowest BCUT2D eigenvalue weighted by molar-refractivity contribution is 0.537. The van der Waals surface area contributed by atoms with E-state index in [4.69, 9.17) is 0 Å². The van der Waals surface area contributed by atoms with E-state index in [0.29, 0.717) is 6.04 Å². The van der Waals surface area contributed by atoms with E-state index < -0.39 is 0 Å². The van der Waals surface area contributed by atoms with Crippen molar-refractivity contribution < 1.29 is 0 Å². The fraction of sp³-hybridized carbons (Fsp3) is 0.600. The molecule has 0 spiro atoms. The predicted molar refractivity (Wildman–Crippen MR) is 75.5 cm³/mol. The Hall–Kier alpha value is -0.860. The first-order chi connectivity index (χ1) is 7.99. The number of nitrogens with one attached hydrogen (secondary N) is 2. The van der Waals surface area contributed by atoms with Crippen molar-refractivity contribution in [3.05, 3.63) is 35.4 Å². The molecule has 1 rings (SSSR count). The van der Waals surface area contributed by atoms with Gasteiger partial charge in [0.25, 0.3) is 0 Å². The zero-order chi connectivity index (χ0) is 12.9. The zero-order valence-electron chi connectivity index (χ0n) is 11.8. The first kappa shape index (κ1) is 14.2. The maximum Gasteiger partial charge on any atom is 0.0444 e. The molecule has 1 unspecified atom stereocenters. The molecular formula is C15H26N2. The Kier molecular flexibility index (Phi) is 5.16. The van der Waals surface area contributed by atoms with Gasteiger partial charge in [-0.25, -0.2) is 0 Å². The third-order valence-electron chi connectivity index (χ3n) is 3.13. The molecule has 0 amide bonds. The standard InChI is InChI=1S/C15H26N2/c1-6-17-11-14(16-5)12-7-9-13(10-8-12)15(2,3)4/h7-10,14,16-17H,6,11H2,1-5H3. The van der Waals surface area contributed by atoms with Crippen molar-refractivity contribution >= 4 is 0 Å². The summed E-state index contributed by atoms with van der Waals surface area (Å²) in [4.78, 5) is 0. The lowest BCUT2D eigenvalue weighted by Crippen LogP contribution is -2.29. The first-order valence-corrected chi connectivity index (χ1v) is 6.47. The molecule has 1 atom stereocenters. The van der Waals surface area contributed by atoms with Gasteiger partial charge in [-0.05, 0) is 30.1 Å². The quantitative estimate of drug-likeness (QED) is 0.818. The van der Waals surface area contributed by atoms with E-state index in [9.17, 15) is 0 Å². The summed E-state index contributed by atoms with van der Waals surface area (Å²) < 4.78 is 0. The fourth-order valence-electron chi connectivity index (χ4n) is 1.89. The van der Waals surface area contributed by atoms with Crippen LogP contribution in [-0.4, -0.2) is 20.1 Å². The molecule has 2 nitrogen and oxygen atoms in total. The minimum atomic E-state index is 0.231. The van der Waals surface area contributed by atoms with Crippen molar-refractivity contribution in [1.82, 2.24) is 10.6 Å². The van der Waals surface area contributed by atoms with Gasteiger partial charge >= 0.3 is 0 Å². The second kappa shape index (κ2) is 6.18. The molecule has 2 N–H and O–H groups in total. The predicted octanol–water partition coefficient (Wildman–Crippen LogP) is 2.85. The summed E-state index contributed by atoms with van der Waals surface area (Å²) in [6, 6.07) is 9.35. The molecule has 0 saturated carbocycles. The molecule has 0 bridgehead atoms. The molecule has 0 aliphatic rings. The lowest BCUT2D eigenvalue weighted by atomic mass is 9.86. The Morgan fingerprint density at radius 3 is 2.12 bits per heavy atom. The van der Waals surface area contributed by atoms with E-state index in [1.165, 1.54) is 11.1 Å². The van der Waals surface area contributed by atoms with Crippen molar-refractivity contribution in [3.63, 3.8) is 0 Å². The highest BCUT2D eigenvalue weighted by Gasteiger charge is 2.14. The normalized spacial score (nSPS) is 13.7. The fourth-order valence-corrected chi connectivity index (χ4v) is 1.89. The van der Waals surface area contributed by atoms with Crippen LogP contribution < -0.4 is 10.6 Å². The van der Waals surface area contributed by atoms with Gasteiger partial charge in [0, 0.05) is 12.6 Å². The van der Waals surface area contributed by atoms with Gasteiger partial charge in [0.05, 0.1) is 0 Å². The maximum absolute atomic E-state index is 3.38. The molecule has 96 valence electrons. The average molecular weight is 234 g/mol. The van der Waals surface area contributed by atoms with Crippen LogP contribution in [0.1, 0.15) is 44.9 Å². The summed E-state index contributed by atoms with van der Waals surface area (Å²) in [5.74, 6) is 0. The summed E-state index contributed by atoms with van der Waals surface area (Å²) in [5.41, 5.74) is 2.97. The molecule has 0 aliphatic carbocycles. The largest absolute Gasteiger partial charge is 0.315 e. The molecule has 0 saturated heterocycles. The number of likely N-dealkylation sites (N-methyl/N-ethyl adjacent to an activating group) is 2. The third kappa shape index (κ3) is 4.14. The topological polar surface area (TPSA) is 24.1 Å². The van der Waals surface area contributed by atoms with E-state index >= 15 is 0 Å². The van der Waals surface area contributed by atoms with Crippen LogP contribution in [0, 0.1) is 0 Å². The molecular weight excluding hydrogens is 208 g/mol. The van der Waals surface area contributed by atoms with Crippen LogP contribution in [0.5, 0.6) is 0 Å². The molecule has 0 radical (unpaired) electrons. The second-order valence-electron chi connectivity index (χ2n) is 5.52. The molecule has 1 aromatic carbocycles. The SMILES string of the molecule is CCNCC(NC)c1ccc(C(C)(C)C)cc1. The van der Waals surface area contributed by atoms with Crippen molar-refractivity contribution in [2.24, 2.45) is 0 Å². The third-order valence-corrected chi connectivity index (χ3v) is 3.13. The first-order valence-electron chi connectivity index (χ1n) is 6.47. The Morgan fingerprint density at radius 1 is 1.12 bits per heavy atom. The highest BCUT2D eigenvalue weighted by Crippen LogP contribution is 2.23. The van der Waals surface area contributed by atoms with Crippen LogP contribution in [0.3, 0.4) is 0 Å². The summed E-state index contributed by atoms with van der Waals surface area (Å²) >= 11 is 0. The molecule has 17 heavy (non-hydrogen) atoms. The highest BCUT2D eigenvalue weighted by molar-refractivity contribution is 5.29. The summed E-state index contributed by atoms with van der Waals surface area (Å²) in [6.07, 6.45) is 0. The summed E-state index contributed by atoms with van der Waals surface area (Å²) in [7, 11) is 2.01. The van der Waals surface area contributed by atoms with Gasteiger partial charge in [-0.1, -0.05) is 52.0 Å². The number of hydrogen-bond donors (Lipinski definition) is 2. The van der Waals surface area contributed by atoms with Crippen LogP contribution in [0.4, 0.5) is 0 Å². The van der Waals surface area contributed by atoms with Gasteiger partial charge in [0.1, 0.15) is 0 Å². The Labute approximate surface area is 106 Å². The van der Waals surface area contributed by atoms with E-state index in [-0.39, 0.29) is 5.41 Å². The molecule has 1 aromatic rings. The Morgan fingerprint density at radius 2 is 1.71 bits per heavy atom. The van der Waals surface area contributed by atoms with Crippen LogP contribution >= 0.6 is 0 Å². The zero-order valence-corrected chi connectivity index (χ0v) is 11.8. The van der Waals surface area contributed by atoms with Crippen molar-refractivity contribution in [3.8, 4) is 0 Å². The van der Waals surface area contributed by atoms with Crippen molar-refractivity contribution in [2.75, 3.05) is 20.1 Å². The van der Waals surface area contributed by atoms with Crippen molar-refractivity contribution in [1.29, 1.82) is 0 Å². The van der Waals surface area contributed by atoms with Gasteiger partial charge in [-0.3, -0.25) is 0 Å². The summed E-state index contributed by atoms with van der Waals surface area (Å²) in [5, 5.41) is 6.73. The second-order valence-corrected chi connectivity index (χ2v) is 5.52. The van der Waals surface area contributed by atoms with Gasteiger partial charge in [-0.2, -0.15) is 0 Å². The minimum absolute atomic E-state index is 0.231. The van der Waals surface area contributed by atoms with E-state index in [0.717, 1.165) is 13.1 Å². The number of hydrogen-bond acceptors (Lipinski definition) is 2. The van der Waals surface area contributed by atoms with Crippen LogP contribution in [-0.2, 0) is 5.41 Å². The molecule has 0 aromatic heterocycles. The molecule has 0 heterocycles. The monoisotopic (exact) mass is 234 g/mol. The van der Waals surface area contributed by atoms with Gasteiger partial charge < -0.3 is 10.6 Å². The Balaban J connectivity index is 2.78. The smallest absolute Gasteiger partial charge is 0.0444 e. The van der Waals surface area contributed by atoms with Gasteiger partial charge in [0.2, 0.25) is 0 Å². The highest BCUT2D eigenvalue weighted by atomic mass is 15.0. The number of rotatable bonds is 5. The van der Waals surface area contributed by atoms with Crippen LogP contribution in [0.2, 0.25) is 0 Å². The molecule has 2 heteroatoms. The van der Waals surface area contributed by atoms with Crippen LogP contribution in [0.15, 0.2) is 24.3 Å². The molecule has 0 fully saturated rings. The number of benzene rings is 1. The average Bonchev–Trinajstić information content (AvgIpc) is 2.29. The maximum atomic E-state index is 3.38. The lowest BCUT2D eigenvalue weighted by Gasteiger charge is -2.21. The van der Waals surface area contributed by atoms with Gasteiger partial charge in [0.15, 0.2) is 0 Å². The van der Waals surface area contributed by atoms with E-state index in [1.807, 2.05) is 7.05 Å². The minimum Gasteiger partial charge on any atom is -0.315 e. The Bertz CT molecular complexity index is 322. The van der Waals surface area contributed by atoms with E-state index in [2.05, 4.69) is 62.6 Å². The summed E-state index contributed by atoms with van der Waals surface area (Å²) in [6.45, 7) is 10.9. The van der Waals surface area contributed by atoms with Crippen LogP contribution in [0.25, 0.3) is 0 Å². The van der Waals surface area contributed by atoms with Crippen molar-refractivity contribution in [2.45, 2.75) is 39.2 Å². The van der Waals surface area contributed by atoms with Gasteiger partial charge in [-0.15, -0.1) is 0 Å².